The van der Waals surface area contributed by atoms with Crippen LogP contribution in [0.15, 0.2) is 24.3 Å². The van der Waals surface area contributed by atoms with E-state index in [1.165, 1.54) is 4.68 Å². The summed E-state index contributed by atoms with van der Waals surface area (Å²) in [6.45, 7) is 2.59. The summed E-state index contributed by atoms with van der Waals surface area (Å²) in [4.78, 5) is 0. The summed E-state index contributed by atoms with van der Waals surface area (Å²) in [7, 11) is 1.58. The highest BCUT2D eigenvalue weighted by molar-refractivity contribution is 5.67. The van der Waals surface area contributed by atoms with Crippen molar-refractivity contribution in [2.45, 2.75) is 6.92 Å². The van der Waals surface area contributed by atoms with Crippen molar-refractivity contribution >= 4 is 11.6 Å². The first-order chi connectivity index (χ1) is 9.22. The van der Waals surface area contributed by atoms with Gasteiger partial charge in [-0.25, -0.2) is 4.68 Å². The van der Waals surface area contributed by atoms with Gasteiger partial charge in [0.1, 0.15) is 28.9 Å². The maximum atomic E-state index is 9.16. The van der Waals surface area contributed by atoms with E-state index < -0.39 is 0 Å². The normalized spacial score (nSPS) is 9.95. The summed E-state index contributed by atoms with van der Waals surface area (Å²) in [5.74, 6) is 1.42. The van der Waals surface area contributed by atoms with Gasteiger partial charge < -0.3 is 15.8 Å². The van der Waals surface area contributed by atoms with Crippen LogP contribution in [-0.4, -0.2) is 23.4 Å². The number of benzene rings is 1. The van der Waals surface area contributed by atoms with Crippen molar-refractivity contribution in [3.8, 4) is 17.5 Å². The molecule has 3 N–H and O–H groups in total. The fraction of sp³-hybridized carbons (Fsp3) is 0.231. The van der Waals surface area contributed by atoms with Crippen LogP contribution < -0.4 is 15.8 Å². The van der Waals surface area contributed by atoms with Crippen molar-refractivity contribution in [1.29, 1.82) is 5.26 Å². The molecule has 0 atom stereocenters. The van der Waals surface area contributed by atoms with E-state index in [2.05, 4.69) is 16.5 Å². The molecule has 0 fully saturated rings. The third kappa shape index (κ3) is 2.18. The number of ether oxygens (including phenoxy) is 1. The molecule has 98 valence electrons. The first kappa shape index (κ1) is 12.8. The number of nitrogen functional groups attached to an aromatic ring is 1. The van der Waals surface area contributed by atoms with E-state index in [1.54, 1.807) is 7.11 Å². The van der Waals surface area contributed by atoms with Gasteiger partial charge in [-0.2, -0.15) is 5.26 Å². The summed E-state index contributed by atoms with van der Waals surface area (Å²) in [5, 5.41) is 16.5. The largest absolute Gasteiger partial charge is 0.494 e. The van der Waals surface area contributed by atoms with E-state index >= 15 is 0 Å². The minimum atomic E-state index is 0.294. The zero-order valence-corrected chi connectivity index (χ0v) is 10.8. The van der Waals surface area contributed by atoms with Gasteiger partial charge in [0.25, 0.3) is 0 Å². The lowest BCUT2D eigenvalue weighted by Gasteiger charge is -2.08. The molecule has 6 heteroatoms. The zero-order valence-electron chi connectivity index (χ0n) is 10.8. The number of hydrogen-bond acceptors (Lipinski definition) is 5. The third-order valence-corrected chi connectivity index (χ3v) is 2.69. The highest BCUT2D eigenvalue weighted by Gasteiger charge is 2.17. The summed E-state index contributed by atoms with van der Waals surface area (Å²) in [5.41, 5.74) is 7.02. The van der Waals surface area contributed by atoms with E-state index in [-0.39, 0.29) is 0 Å². The van der Waals surface area contributed by atoms with Crippen LogP contribution >= 0.6 is 0 Å². The number of anilines is 2. The Morgan fingerprint density at radius 1 is 1.47 bits per heavy atom. The number of rotatable bonds is 4. The highest BCUT2D eigenvalue weighted by Crippen LogP contribution is 2.28. The van der Waals surface area contributed by atoms with Crippen LogP contribution in [0.2, 0.25) is 0 Å². The highest BCUT2D eigenvalue weighted by atomic mass is 16.5. The molecule has 2 rings (SSSR count). The first-order valence-corrected chi connectivity index (χ1v) is 5.88. The van der Waals surface area contributed by atoms with E-state index in [0.717, 1.165) is 0 Å². The number of nitrogens with one attached hydrogen (secondary N) is 1. The molecule has 0 aliphatic carbocycles. The van der Waals surface area contributed by atoms with Crippen LogP contribution in [0.1, 0.15) is 12.5 Å². The molecule has 0 amide bonds. The Morgan fingerprint density at radius 3 is 2.84 bits per heavy atom. The van der Waals surface area contributed by atoms with Crippen LogP contribution in [0.4, 0.5) is 11.6 Å². The Balaban J connectivity index is 2.60. The molecule has 1 aromatic carbocycles. The molecular weight excluding hydrogens is 242 g/mol. The van der Waals surface area contributed by atoms with Crippen molar-refractivity contribution in [3.05, 3.63) is 29.8 Å². The molecule has 1 heterocycles. The lowest BCUT2D eigenvalue weighted by atomic mass is 10.3. The molecule has 1 aromatic heterocycles. The van der Waals surface area contributed by atoms with Gasteiger partial charge in [0.15, 0.2) is 5.82 Å². The van der Waals surface area contributed by atoms with Gasteiger partial charge in [-0.3, -0.25) is 0 Å². The van der Waals surface area contributed by atoms with E-state index in [4.69, 9.17) is 15.7 Å². The topological polar surface area (TPSA) is 88.9 Å². The van der Waals surface area contributed by atoms with E-state index in [0.29, 0.717) is 35.2 Å². The lowest BCUT2D eigenvalue weighted by Crippen LogP contribution is -2.04. The SMILES string of the molecule is CCNc1nn(-c2ccccc2OC)c(N)c1C#N. The molecule has 19 heavy (non-hydrogen) atoms. The molecule has 6 nitrogen and oxygen atoms in total. The van der Waals surface area contributed by atoms with Crippen molar-refractivity contribution in [3.63, 3.8) is 0 Å². The summed E-state index contributed by atoms with van der Waals surface area (Å²) >= 11 is 0. The standard InChI is InChI=1S/C13H15N5O/c1-3-16-13-9(8-14)12(15)18(17-13)10-6-4-5-7-11(10)19-2/h4-7H,3,15H2,1-2H3,(H,16,17). The Bertz CT molecular complexity index is 626. The average Bonchev–Trinajstić information content (AvgIpc) is 2.75. The predicted molar refractivity (Wildman–Crippen MR) is 73.4 cm³/mol. The number of nitrogens with zero attached hydrogens (tertiary/aromatic N) is 3. The van der Waals surface area contributed by atoms with E-state index in [1.807, 2.05) is 31.2 Å². The third-order valence-electron chi connectivity index (χ3n) is 2.69. The van der Waals surface area contributed by atoms with Crippen LogP contribution in [0, 0.1) is 11.3 Å². The van der Waals surface area contributed by atoms with Crippen LogP contribution in [0.3, 0.4) is 0 Å². The Hall–Kier alpha value is -2.68. The summed E-state index contributed by atoms with van der Waals surface area (Å²) < 4.78 is 6.79. The Morgan fingerprint density at radius 2 is 2.21 bits per heavy atom. The summed E-state index contributed by atoms with van der Waals surface area (Å²) in [6.07, 6.45) is 0. The van der Waals surface area contributed by atoms with Gasteiger partial charge >= 0.3 is 0 Å². The Labute approximate surface area is 111 Å². The van der Waals surface area contributed by atoms with Crippen LogP contribution in [0.25, 0.3) is 5.69 Å². The van der Waals surface area contributed by atoms with Gasteiger partial charge in [-0.05, 0) is 19.1 Å². The number of methoxy groups -OCH3 is 1. The summed E-state index contributed by atoms with van der Waals surface area (Å²) in [6, 6.07) is 9.43. The molecule has 0 spiro atoms. The average molecular weight is 257 g/mol. The Kier molecular flexibility index (Phi) is 3.57. The fourth-order valence-corrected chi connectivity index (χ4v) is 1.82. The van der Waals surface area contributed by atoms with Gasteiger partial charge in [0.05, 0.1) is 7.11 Å². The number of nitriles is 1. The molecule has 0 saturated carbocycles. The maximum Gasteiger partial charge on any atom is 0.168 e. The van der Waals surface area contributed by atoms with Crippen molar-refractivity contribution in [2.24, 2.45) is 0 Å². The zero-order chi connectivity index (χ0) is 13.8. The molecule has 0 unspecified atom stereocenters. The fourth-order valence-electron chi connectivity index (χ4n) is 1.82. The van der Waals surface area contributed by atoms with Crippen molar-refractivity contribution in [2.75, 3.05) is 24.7 Å². The van der Waals surface area contributed by atoms with Gasteiger partial charge in [0.2, 0.25) is 0 Å². The molecule has 0 bridgehead atoms. The van der Waals surface area contributed by atoms with Crippen LogP contribution in [0.5, 0.6) is 5.75 Å². The van der Waals surface area contributed by atoms with Gasteiger partial charge in [-0.1, -0.05) is 12.1 Å². The van der Waals surface area contributed by atoms with E-state index in [9.17, 15) is 0 Å². The molecule has 0 aliphatic heterocycles. The minimum absolute atomic E-state index is 0.294. The molecule has 2 aromatic rings. The smallest absolute Gasteiger partial charge is 0.168 e. The predicted octanol–water partition coefficient (Wildman–Crippen LogP) is 1.77. The number of hydrogen-bond donors (Lipinski definition) is 2. The number of nitrogens with two attached hydrogens (primary N) is 1. The van der Waals surface area contributed by atoms with Crippen molar-refractivity contribution in [1.82, 2.24) is 9.78 Å². The molecule has 0 saturated heterocycles. The minimum Gasteiger partial charge on any atom is -0.494 e. The second-order valence-electron chi connectivity index (χ2n) is 3.83. The second-order valence-corrected chi connectivity index (χ2v) is 3.83. The second kappa shape index (κ2) is 5.31. The number of para-hydroxylation sites is 2. The maximum absolute atomic E-state index is 9.16. The molecule has 0 aliphatic rings. The molecule has 0 radical (unpaired) electrons. The van der Waals surface area contributed by atoms with Gasteiger partial charge in [-0.15, -0.1) is 5.10 Å². The quantitative estimate of drug-likeness (QED) is 0.871. The van der Waals surface area contributed by atoms with Crippen molar-refractivity contribution < 1.29 is 4.74 Å². The molecular formula is C13H15N5O. The van der Waals surface area contributed by atoms with Gasteiger partial charge in [0, 0.05) is 6.54 Å². The lowest BCUT2D eigenvalue weighted by molar-refractivity contribution is 0.412. The van der Waals surface area contributed by atoms with Crippen LogP contribution in [-0.2, 0) is 0 Å². The number of aromatic nitrogens is 2. The monoisotopic (exact) mass is 257 g/mol. The first-order valence-electron chi connectivity index (χ1n) is 5.88.